The Bertz CT molecular complexity index is 420. The van der Waals surface area contributed by atoms with Crippen molar-refractivity contribution in [2.75, 3.05) is 6.61 Å². The van der Waals surface area contributed by atoms with E-state index in [0.717, 1.165) is 0 Å². The van der Waals surface area contributed by atoms with E-state index in [0.29, 0.717) is 0 Å². The number of hydrogen-bond donors (Lipinski definition) is 3. The molecule has 0 radical (unpaired) electrons. The summed E-state index contributed by atoms with van der Waals surface area (Å²) in [5.74, 6) is -2.45. The maximum Gasteiger partial charge on any atom is 0.175 e. The Morgan fingerprint density at radius 3 is 2.41 bits per heavy atom. The fraction of sp³-hybridized carbons (Fsp3) is 0.333. The molecule has 0 fully saturated rings. The second-order valence-electron chi connectivity index (χ2n) is 3.57. The number of Topliss-reactive ketones (excluding diaryl/α,β-unsaturated/α-hetero) is 1. The molecule has 0 saturated carbocycles. The summed E-state index contributed by atoms with van der Waals surface area (Å²) >= 11 is 0. The average molecular weight is 239 g/mol. The van der Waals surface area contributed by atoms with Crippen LogP contribution in [0.4, 0.5) is 0 Å². The van der Waals surface area contributed by atoms with Gasteiger partial charge in [0.1, 0.15) is 19.7 Å². The first-order chi connectivity index (χ1) is 8.49. The van der Waals surface area contributed by atoms with E-state index < -0.39 is 36.8 Å². The summed E-state index contributed by atoms with van der Waals surface area (Å²) in [5, 5.41) is 27.6. The van der Waals surface area contributed by atoms with Gasteiger partial charge in [-0.2, -0.15) is 0 Å². The van der Waals surface area contributed by atoms with E-state index in [1.54, 1.807) is 18.2 Å². The Kier molecular flexibility index (Phi) is 4.37. The van der Waals surface area contributed by atoms with Crippen LogP contribution in [0.2, 0.25) is 0 Å². The standard InChI is InChI=1S/C12H14O5/c13-6-9(12(17)10(15)7-14)11(16)8-4-2-1-3-5-8/h1-6,9-10,12,14-15,17H,7H2/t9-,10-,12+/m1/s1/i6D. The second kappa shape index (κ2) is 6.24. The third-order valence-electron chi connectivity index (χ3n) is 2.39. The SMILES string of the molecule is [2H]C(=O)[C@H](C(=O)c1ccccc1)[C@H](O)[C@H](O)CO. The quantitative estimate of drug-likeness (QED) is 0.350. The molecule has 1 rings (SSSR count). The van der Waals surface area contributed by atoms with Gasteiger partial charge in [0.05, 0.1) is 12.7 Å². The number of aliphatic hydroxyl groups excluding tert-OH is 3. The van der Waals surface area contributed by atoms with Gasteiger partial charge in [-0.3, -0.25) is 4.79 Å². The Labute approximate surface area is 99.7 Å². The smallest absolute Gasteiger partial charge is 0.175 e. The first kappa shape index (κ1) is 11.9. The Balaban J connectivity index is 3.00. The number of ketones is 1. The molecule has 0 aliphatic carbocycles. The predicted molar refractivity (Wildman–Crippen MR) is 59.4 cm³/mol. The van der Waals surface area contributed by atoms with Crippen LogP contribution in [0.25, 0.3) is 0 Å². The van der Waals surface area contributed by atoms with Crippen molar-refractivity contribution >= 4 is 12.0 Å². The summed E-state index contributed by atoms with van der Waals surface area (Å²) in [6.07, 6.45) is -4.74. The number of aldehydes is 1. The van der Waals surface area contributed by atoms with E-state index in [2.05, 4.69) is 0 Å². The topological polar surface area (TPSA) is 94.8 Å². The lowest BCUT2D eigenvalue weighted by atomic mass is 9.91. The van der Waals surface area contributed by atoms with Crippen LogP contribution < -0.4 is 0 Å². The van der Waals surface area contributed by atoms with E-state index >= 15 is 0 Å². The minimum atomic E-state index is -1.80. The minimum Gasteiger partial charge on any atom is -0.394 e. The molecular formula is C12H14O5. The van der Waals surface area contributed by atoms with Crippen LogP contribution in [-0.4, -0.2) is 46.2 Å². The molecule has 5 nitrogen and oxygen atoms in total. The molecule has 0 bridgehead atoms. The molecule has 0 saturated heterocycles. The Morgan fingerprint density at radius 2 is 1.94 bits per heavy atom. The molecule has 3 atom stereocenters. The zero-order valence-corrected chi connectivity index (χ0v) is 8.98. The highest BCUT2D eigenvalue weighted by Crippen LogP contribution is 2.13. The van der Waals surface area contributed by atoms with Gasteiger partial charge in [-0.1, -0.05) is 30.3 Å². The van der Waals surface area contributed by atoms with Crippen LogP contribution >= 0.6 is 0 Å². The largest absolute Gasteiger partial charge is 0.394 e. The maximum atomic E-state index is 12.0. The van der Waals surface area contributed by atoms with E-state index in [-0.39, 0.29) is 5.56 Å². The lowest BCUT2D eigenvalue weighted by Crippen LogP contribution is -2.40. The zero-order valence-electron chi connectivity index (χ0n) is 9.98. The van der Waals surface area contributed by atoms with Crippen molar-refractivity contribution in [2.45, 2.75) is 12.2 Å². The monoisotopic (exact) mass is 239 g/mol. The number of aliphatic hydroxyl groups is 3. The van der Waals surface area contributed by atoms with Crippen molar-refractivity contribution in [2.24, 2.45) is 5.92 Å². The fourth-order valence-electron chi connectivity index (χ4n) is 1.39. The van der Waals surface area contributed by atoms with Crippen LogP contribution in [0.5, 0.6) is 0 Å². The Hall–Kier alpha value is -1.56. The summed E-state index contributed by atoms with van der Waals surface area (Å²) in [6.45, 7) is -0.799. The van der Waals surface area contributed by atoms with Crippen molar-refractivity contribution in [3.63, 3.8) is 0 Å². The molecule has 0 aromatic heterocycles. The molecule has 5 heteroatoms. The highest BCUT2D eigenvalue weighted by Gasteiger charge is 2.31. The molecule has 0 aliphatic rings. The summed E-state index contributed by atoms with van der Waals surface area (Å²) in [6, 6.07) is 7.71. The van der Waals surface area contributed by atoms with Gasteiger partial charge in [0.15, 0.2) is 5.78 Å². The second-order valence-corrected chi connectivity index (χ2v) is 3.57. The summed E-state index contributed by atoms with van der Waals surface area (Å²) in [4.78, 5) is 23.1. The van der Waals surface area contributed by atoms with E-state index in [1.165, 1.54) is 12.1 Å². The number of rotatable bonds is 6. The molecule has 1 aromatic carbocycles. The molecular weight excluding hydrogens is 224 g/mol. The van der Waals surface area contributed by atoms with Crippen LogP contribution in [0.15, 0.2) is 30.3 Å². The molecule has 0 aliphatic heterocycles. The van der Waals surface area contributed by atoms with Gasteiger partial charge in [-0.05, 0) is 0 Å². The fourth-order valence-corrected chi connectivity index (χ4v) is 1.39. The highest BCUT2D eigenvalue weighted by atomic mass is 16.4. The number of carbonyl (C=O) groups excluding carboxylic acids is 2. The van der Waals surface area contributed by atoms with Gasteiger partial charge in [0.25, 0.3) is 0 Å². The molecule has 0 heterocycles. The normalized spacial score (nSPS) is 16.8. The summed E-state index contributed by atoms with van der Waals surface area (Å²) in [7, 11) is 0. The predicted octanol–water partition coefficient (Wildman–Crippen LogP) is -0.601. The third-order valence-corrected chi connectivity index (χ3v) is 2.39. The van der Waals surface area contributed by atoms with Crippen LogP contribution in [0.1, 0.15) is 11.7 Å². The van der Waals surface area contributed by atoms with E-state index in [1.807, 2.05) is 0 Å². The van der Waals surface area contributed by atoms with Crippen molar-refractivity contribution in [1.29, 1.82) is 0 Å². The maximum absolute atomic E-state index is 12.0. The molecule has 92 valence electrons. The zero-order chi connectivity index (χ0) is 13.7. The molecule has 1 aromatic rings. The van der Waals surface area contributed by atoms with Gasteiger partial charge in [-0.25, -0.2) is 0 Å². The minimum absolute atomic E-state index is 0.160. The third kappa shape index (κ3) is 3.20. The highest BCUT2D eigenvalue weighted by molar-refractivity contribution is 6.05. The average Bonchev–Trinajstić information content (AvgIpc) is 2.38. The Morgan fingerprint density at radius 1 is 1.35 bits per heavy atom. The van der Waals surface area contributed by atoms with Crippen molar-refractivity contribution < 1.29 is 26.3 Å². The first-order valence-electron chi connectivity index (χ1n) is 5.55. The van der Waals surface area contributed by atoms with Crippen molar-refractivity contribution in [3.8, 4) is 0 Å². The summed E-state index contributed by atoms with van der Waals surface area (Å²) in [5.41, 5.74) is 0.160. The molecule has 0 amide bonds. The van der Waals surface area contributed by atoms with Gasteiger partial charge >= 0.3 is 0 Å². The van der Waals surface area contributed by atoms with Crippen LogP contribution in [0.3, 0.4) is 0 Å². The molecule has 0 spiro atoms. The van der Waals surface area contributed by atoms with Gasteiger partial charge < -0.3 is 20.1 Å². The van der Waals surface area contributed by atoms with Crippen LogP contribution in [-0.2, 0) is 4.79 Å². The number of hydrogen-bond acceptors (Lipinski definition) is 5. The molecule has 3 N–H and O–H groups in total. The van der Waals surface area contributed by atoms with E-state index in [4.69, 9.17) is 6.48 Å². The number of benzene rings is 1. The van der Waals surface area contributed by atoms with Gasteiger partial charge in [0, 0.05) is 5.56 Å². The van der Waals surface area contributed by atoms with Crippen LogP contribution in [0, 0.1) is 5.92 Å². The van der Waals surface area contributed by atoms with E-state index in [9.17, 15) is 19.8 Å². The summed E-state index contributed by atoms with van der Waals surface area (Å²) < 4.78 is 7.00. The number of carbonyl (C=O) groups is 2. The van der Waals surface area contributed by atoms with Crippen molar-refractivity contribution in [1.82, 2.24) is 0 Å². The lowest BCUT2D eigenvalue weighted by Gasteiger charge is -2.20. The van der Waals surface area contributed by atoms with Gasteiger partial charge in [-0.15, -0.1) is 0 Å². The first-order valence-corrected chi connectivity index (χ1v) is 5.05. The van der Waals surface area contributed by atoms with Crippen molar-refractivity contribution in [3.05, 3.63) is 35.9 Å². The molecule has 0 unspecified atom stereocenters. The molecule has 17 heavy (non-hydrogen) atoms. The lowest BCUT2D eigenvalue weighted by molar-refractivity contribution is -0.116. The van der Waals surface area contributed by atoms with Gasteiger partial charge in [0.2, 0.25) is 0 Å².